The van der Waals surface area contributed by atoms with Crippen molar-refractivity contribution in [2.45, 2.75) is 25.2 Å². The van der Waals surface area contributed by atoms with Crippen LogP contribution in [0.4, 0.5) is 11.4 Å². The summed E-state index contributed by atoms with van der Waals surface area (Å²) in [7, 11) is 0. The highest BCUT2D eigenvalue weighted by atomic mass is 16.2. The summed E-state index contributed by atoms with van der Waals surface area (Å²) < 4.78 is 0. The van der Waals surface area contributed by atoms with Gasteiger partial charge in [0.05, 0.1) is 28.6 Å². The van der Waals surface area contributed by atoms with Gasteiger partial charge in [-0.1, -0.05) is 84.4 Å². The summed E-state index contributed by atoms with van der Waals surface area (Å²) >= 11 is 0. The van der Waals surface area contributed by atoms with Crippen LogP contribution in [-0.2, 0) is 15.0 Å². The van der Waals surface area contributed by atoms with E-state index in [0.29, 0.717) is 5.69 Å². The Morgan fingerprint density at radius 3 is 2.03 bits per heavy atom. The molecule has 4 aromatic rings. The first-order chi connectivity index (χ1) is 18.0. The molecule has 2 amide bonds. The van der Waals surface area contributed by atoms with Gasteiger partial charge in [-0.15, -0.1) is 0 Å². The summed E-state index contributed by atoms with van der Waals surface area (Å²) in [5, 5.41) is 0. The molecule has 0 spiro atoms. The van der Waals surface area contributed by atoms with E-state index in [2.05, 4.69) is 50.2 Å². The number of hydrogen-bond donors (Lipinski definition) is 0. The molecule has 1 aliphatic heterocycles. The third kappa shape index (κ3) is 2.87. The molecule has 4 heteroatoms. The molecule has 2 bridgehead atoms. The van der Waals surface area contributed by atoms with Crippen LogP contribution in [0.3, 0.4) is 0 Å². The lowest BCUT2D eigenvalue weighted by Gasteiger charge is -2.52. The second-order valence-corrected chi connectivity index (χ2v) is 10.4. The Morgan fingerprint density at radius 2 is 1.38 bits per heavy atom. The molecular weight excluding hydrogens is 456 g/mol. The van der Waals surface area contributed by atoms with E-state index < -0.39 is 17.3 Å². The van der Waals surface area contributed by atoms with Gasteiger partial charge in [0, 0.05) is 12.1 Å². The van der Waals surface area contributed by atoms with E-state index in [9.17, 15) is 9.59 Å². The van der Waals surface area contributed by atoms with Crippen molar-refractivity contribution in [2.24, 2.45) is 16.8 Å². The van der Waals surface area contributed by atoms with E-state index in [1.807, 2.05) is 66.9 Å². The van der Waals surface area contributed by atoms with E-state index in [-0.39, 0.29) is 17.7 Å². The Labute approximate surface area is 216 Å². The van der Waals surface area contributed by atoms with Crippen LogP contribution in [0.25, 0.3) is 0 Å². The lowest BCUT2D eigenvalue weighted by atomic mass is 9.47. The van der Waals surface area contributed by atoms with Crippen molar-refractivity contribution in [3.63, 3.8) is 0 Å². The fourth-order valence-corrected chi connectivity index (χ4v) is 7.00. The zero-order valence-electron chi connectivity index (χ0n) is 20.8. The molecule has 4 aliphatic rings. The number of hydrogen-bond acceptors (Lipinski definition) is 3. The average molecular weight is 483 g/mol. The van der Waals surface area contributed by atoms with Crippen LogP contribution >= 0.6 is 0 Å². The molecule has 180 valence electrons. The zero-order chi connectivity index (χ0) is 25.3. The number of aryl methyl sites for hydroxylation is 2. The minimum atomic E-state index is -0.847. The third-order valence-corrected chi connectivity index (χ3v) is 8.46. The maximum atomic E-state index is 14.3. The number of aliphatic imine (C=N–C) groups is 1. The van der Waals surface area contributed by atoms with Crippen molar-refractivity contribution in [3.05, 3.63) is 130 Å². The van der Waals surface area contributed by atoms with Crippen molar-refractivity contribution < 1.29 is 9.59 Å². The van der Waals surface area contributed by atoms with Gasteiger partial charge >= 0.3 is 0 Å². The smallest absolute Gasteiger partial charge is 0.239 e. The van der Waals surface area contributed by atoms with Crippen molar-refractivity contribution in [1.82, 2.24) is 0 Å². The Hall–Kier alpha value is -4.31. The number of rotatable bonds is 3. The Morgan fingerprint density at radius 1 is 0.757 bits per heavy atom. The molecule has 0 saturated carbocycles. The minimum Gasteiger partial charge on any atom is -0.274 e. The van der Waals surface area contributed by atoms with Gasteiger partial charge in [-0.3, -0.25) is 14.6 Å². The molecule has 0 aromatic heterocycles. The largest absolute Gasteiger partial charge is 0.274 e. The number of anilines is 1. The highest BCUT2D eigenvalue weighted by Gasteiger charge is 2.67. The molecule has 2 atom stereocenters. The van der Waals surface area contributed by atoms with Gasteiger partial charge < -0.3 is 0 Å². The van der Waals surface area contributed by atoms with Crippen LogP contribution in [0.2, 0.25) is 0 Å². The normalized spacial score (nSPS) is 25.4. The number of amides is 2. The van der Waals surface area contributed by atoms with E-state index in [1.165, 1.54) is 10.5 Å². The zero-order valence-corrected chi connectivity index (χ0v) is 20.8. The molecular formula is C33H26N2O2. The quantitative estimate of drug-likeness (QED) is 0.256. The topological polar surface area (TPSA) is 49.7 Å². The van der Waals surface area contributed by atoms with E-state index in [1.54, 1.807) is 0 Å². The van der Waals surface area contributed by atoms with E-state index >= 15 is 0 Å². The van der Waals surface area contributed by atoms with Gasteiger partial charge in [0.25, 0.3) is 0 Å². The Kier molecular flexibility index (Phi) is 4.65. The molecule has 8 rings (SSSR count). The summed E-state index contributed by atoms with van der Waals surface area (Å²) in [5.41, 5.74) is 7.29. The van der Waals surface area contributed by atoms with Gasteiger partial charge in [0.1, 0.15) is 0 Å². The van der Waals surface area contributed by atoms with Crippen LogP contribution in [0, 0.1) is 25.7 Å². The van der Waals surface area contributed by atoms with Gasteiger partial charge in [0.15, 0.2) is 0 Å². The molecule has 3 aliphatic carbocycles. The summed E-state index contributed by atoms with van der Waals surface area (Å²) in [4.78, 5) is 34.9. The number of imide groups is 1. The minimum absolute atomic E-state index is 0.125. The molecule has 0 unspecified atom stereocenters. The fourth-order valence-electron chi connectivity index (χ4n) is 7.00. The number of nitrogens with zero attached hydrogens (tertiary/aromatic N) is 2. The second-order valence-electron chi connectivity index (χ2n) is 10.4. The van der Waals surface area contributed by atoms with Crippen LogP contribution in [0.15, 0.2) is 102 Å². The van der Waals surface area contributed by atoms with Gasteiger partial charge in [-0.05, 0) is 59.9 Å². The highest BCUT2D eigenvalue weighted by molar-refractivity contribution is 6.25. The predicted molar refractivity (Wildman–Crippen MR) is 145 cm³/mol. The number of carbonyl (C=O) groups excluding carboxylic acids is 2. The molecule has 4 nitrogen and oxygen atoms in total. The third-order valence-electron chi connectivity index (χ3n) is 8.46. The lowest BCUT2D eigenvalue weighted by molar-refractivity contribution is -0.122. The summed E-state index contributed by atoms with van der Waals surface area (Å²) in [5.74, 6) is -1.49. The van der Waals surface area contributed by atoms with Crippen molar-refractivity contribution in [3.8, 4) is 0 Å². The Bertz CT molecular complexity index is 1570. The van der Waals surface area contributed by atoms with Gasteiger partial charge in [-0.25, -0.2) is 4.90 Å². The van der Waals surface area contributed by atoms with Crippen molar-refractivity contribution in [1.29, 1.82) is 0 Å². The fraction of sp³-hybridized carbons (Fsp3) is 0.182. The molecule has 1 fully saturated rings. The predicted octanol–water partition coefficient (Wildman–Crippen LogP) is 6.26. The first-order valence-corrected chi connectivity index (χ1v) is 12.8. The summed E-state index contributed by atoms with van der Waals surface area (Å²) in [6.07, 6.45) is 1.97. The summed E-state index contributed by atoms with van der Waals surface area (Å²) in [6, 6.07) is 32.1. The SMILES string of the molecule is Cc1ccc(N=CC23c4ccccc4C(c4ccccc42)[C@@H]2C(=O)N(c4ccccc4)C(=O)[C@H]23)c(C)c1. The van der Waals surface area contributed by atoms with Crippen molar-refractivity contribution >= 4 is 29.4 Å². The van der Waals surface area contributed by atoms with E-state index in [0.717, 1.165) is 33.5 Å². The van der Waals surface area contributed by atoms with Gasteiger partial charge in [-0.2, -0.15) is 0 Å². The van der Waals surface area contributed by atoms with Crippen LogP contribution in [0.1, 0.15) is 39.3 Å². The Balaban J connectivity index is 1.52. The van der Waals surface area contributed by atoms with Crippen molar-refractivity contribution in [2.75, 3.05) is 4.90 Å². The maximum absolute atomic E-state index is 14.3. The average Bonchev–Trinajstić information content (AvgIpc) is 3.19. The highest BCUT2D eigenvalue weighted by Crippen LogP contribution is 2.63. The second kappa shape index (κ2) is 7.84. The molecule has 37 heavy (non-hydrogen) atoms. The number of benzene rings is 4. The van der Waals surface area contributed by atoms with Crippen LogP contribution in [-0.4, -0.2) is 18.0 Å². The van der Waals surface area contributed by atoms with E-state index in [4.69, 9.17) is 4.99 Å². The molecule has 1 saturated heterocycles. The first kappa shape index (κ1) is 21.9. The first-order valence-electron chi connectivity index (χ1n) is 12.8. The molecule has 0 N–H and O–H groups in total. The number of para-hydroxylation sites is 1. The van der Waals surface area contributed by atoms with Gasteiger partial charge in [0.2, 0.25) is 11.8 Å². The standard InChI is InChI=1S/C33H26N2O2/c1-20-16-17-27(21(2)18-20)34-19-33-25-14-8-6-12-23(25)28(24-13-7-9-15-26(24)33)29-30(33)32(37)35(31(29)36)22-10-4-3-5-11-22/h3-19,28-30H,1-2H3/t28?,29-,30-,33?/m0/s1. The molecule has 4 aromatic carbocycles. The molecule has 0 radical (unpaired) electrons. The van der Waals surface area contributed by atoms with Crippen LogP contribution < -0.4 is 4.90 Å². The maximum Gasteiger partial charge on any atom is 0.239 e. The lowest BCUT2D eigenvalue weighted by Crippen LogP contribution is -2.54. The summed E-state index contributed by atoms with van der Waals surface area (Å²) in [6.45, 7) is 4.13. The number of carbonyl (C=O) groups is 2. The monoisotopic (exact) mass is 482 g/mol. The van der Waals surface area contributed by atoms with Crippen LogP contribution in [0.5, 0.6) is 0 Å². The molecule has 1 heterocycles.